The van der Waals surface area contributed by atoms with E-state index in [-0.39, 0.29) is 0 Å². The molecule has 0 fully saturated rings. The lowest BCUT2D eigenvalue weighted by molar-refractivity contribution is 0.890. The Hall–Kier alpha value is -0.800. The molecule has 0 amide bonds. The van der Waals surface area contributed by atoms with Crippen molar-refractivity contribution in [2.75, 3.05) is 5.32 Å². The van der Waals surface area contributed by atoms with Gasteiger partial charge in [0.2, 0.25) is 0 Å². The first-order valence-corrected chi connectivity index (χ1v) is 6.53. The highest BCUT2D eigenvalue weighted by Gasteiger charge is 2.04. The summed E-state index contributed by atoms with van der Waals surface area (Å²) >= 11 is 5.16. The molecule has 2 aromatic rings. The third kappa shape index (κ3) is 2.83. The second-order valence-electron chi connectivity index (χ2n) is 3.43. The molecule has 1 aromatic carbocycles. The van der Waals surface area contributed by atoms with E-state index < -0.39 is 0 Å². The fourth-order valence-electron chi connectivity index (χ4n) is 1.40. The average Bonchev–Trinajstić information content (AvgIpc) is 2.74. The number of hydrogen-bond donors (Lipinski definition) is 1. The van der Waals surface area contributed by atoms with Gasteiger partial charge < -0.3 is 5.32 Å². The lowest BCUT2D eigenvalue weighted by atomic mass is 10.2. The highest BCUT2D eigenvalue weighted by atomic mass is 79.9. The van der Waals surface area contributed by atoms with Gasteiger partial charge in [-0.2, -0.15) is 11.3 Å². The highest BCUT2D eigenvalue weighted by Crippen LogP contribution is 2.22. The lowest BCUT2D eigenvalue weighted by Crippen LogP contribution is -2.04. The molecule has 0 bridgehead atoms. The standard InChI is InChI=1S/C12H12BrNS/c1-9(10-6-7-15-8-10)14-12-4-2-11(13)3-5-12/h2-9,14H,1H3. The van der Waals surface area contributed by atoms with Gasteiger partial charge in [-0.05, 0) is 53.6 Å². The van der Waals surface area contributed by atoms with Crippen molar-refractivity contribution < 1.29 is 0 Å². The molecule has 1 heterocycles. The summed E-state index contributed by atoms with van der Waals surface area (Å²) < 4.78 is 1.11. The number of hydrogen-bond acceptors (Lipinski definition) is 2. The van der Waals surface area contributed by atoms with E-state index in [1.165, 1.54) is 5.56 Å². The van der Waals surface area contributed by atoms with Crippen LogP contribution in [-0.2, 0) is 0 Å². The molecule has 0 spiro atoms. The molecule has 0 saturated carbocycles. The van der Waals surface area contributed by atoms with E-state index >= 15 is 0 Å². The van der Waals surface area contributed by atoms with E-state index in [9.17, 15) is 0 Å². The Bertz CT molecular complexity index is 408. The Kier molecular flexibility index (Phi) is 3.44. The first-order valence-electron chi connectivity index (χ1n) is 4.80. The summed E-state index contributed by atoms with van der Waals surface area (Å²) in [7, 11) is 0. The van der Waals surface area contributed by atoms with Crippen molar-refractivity contribution in [2.24, 2.45) is 0 Å². The third-order valence-electron chi connectivity index (χ3n) is 2.27. The zero-order valence-corrected chi connectivity index (χ0v) is 10.8. The van der Waals surface area contributed by atoms with E-state index in [1.54, 1.807) is 11.3 Å². The Morgan fingerprint density at radius 2 is 1.93 bits per heavy atom. The molecule has 3 heteroatoms. The third-order valence-corrected chi connectivity index (χ3v) is 3.50. The molecule has 0 aliphatic heterocycles. The van der Waals surface area contributed by atoms with Gasteiger partial charge in [0.05, 0.1) is 0 Å². The quantitative estimate of drug-likeness (QED) is 0.861. The molecule has 0 aliphatic rings. The van der Waals surface area contributed by atoms with Crippen molar-refractivity contribution in [3.63, 3.8) is 0 Å². The molecule has 78 valence electrons. The van der Waals surface area contributed by atoms with Gasteiger partial charge in [-0.25, -0.2) is 0 Å². The minimum atomic E-state index is 0.359. The molecular weight excluding hydrogens is 270 g/mol. The van der Waals surface area contributed by atoms with Crippen LogP contribution in [-0.4, -0.2) is 0 Å². The van der Waals surface area contributed by atoms with Crippen molar-refractivity contribution >= 4 is 33.0 Å². The predicted molar refractivity (Wildman–Crippen MR) is 70.5 cm³/mol. The summed E-state index contributed by atoms with van der Waals surface area (Å²) in [5.74, 6) is 0. The summed E-state index contributed by atoms with van der Waals surface area (Å²) in [4.78, 5) is 0. The summed E-state index contributed by atoms with van der Waals surface area (Å²) in [5.41, 5.74) is 2.49. The molecule has 1 aromatic heterocycles. The molecule has 1 unspecified atom stereocenters. The van der Waals surface area contributed by atoms with E-state index in [1.807, 2.05) is 12.1 Å². The number of benzene rings is 1. The summed E-state index contributed by atoms with van der Waals surface area (Å²) in [6, 6.07) is 10.8. The maximum absolute atomic E-state index is 3.46. The zero-order valence-electron chi connectivity index (χ0n) is 8.41. The fourth-order valence-corrected chi connectivity index (χ4v) is 2.42. The Labute approximate surface area is 102 Å². The van der Waals surface area contributed by atoms with Gasteiger partial charge in [-0.15, -0.1) is 0 Å². The van der Waals surface area contributed by atoms with Crippen molar-refractivity contribution in [3.8, 4) is 0 Å². The van der Waals surface area contributed by atoms with Crippen LogP contribution in [0.4, 0.5) is 5.69 Å². The van der Waals surface area contributed by atoms with Gasteiger partial charge in [-0.1, -0.05) is 15.9 Å². The van der Waals surface area contributed by atoms with Gasteiger partial charge in [-0.3, -0.25) is 0 Å². The SMILES string of the molecule is CC(Nc1ccc(Br)cc1)c1ccsc1. The predicted octanol–water partition coefficient (Wildman–Crippen LogP) is 4.68. The Balaban J connectivity index is 2.06. The molecule has 0 aliphatic carbocycles. The monoisotopic (exact) mass is 281 g/mol. The van der Waals surface area contributed by atoms with Crippen molar-refractivity contribution in [2.45, 2.75) is 13.0 Å². The second kappa shape index (κ2) is 4.81. The van der Waals surface area contributed by atoms with Crippen LogP contribution in [0, 0.1) is 0 Å². The van der Waals surface area contributed by atoms with Crippen molar-refractivity contribution in [1.82, 2.24) is 0 Å². The van der Waals surface area contributed by atoms with Crippen LogP contribution in [0.15, 0.2) is 45.6 Å². The molecule has 1 nitrogen and oxygen atoms in total. The Morgan fingerprint density at radius 3 is 2.53 bits per heavy atom. The van der Waals surface area contributed by atoms with Gasteiger partial charge in [0.1, 0.15) is 0 Å². The van der Waals surface area contributed by atoms with E-state index in [0.29, 0.717) is 6.04 Å². The molecule has 0 saturated heterocycles. The fraction of sp³-hybridized carbons (Fsp3) is 0.167. The van der Waals surface area contributed by atoms with Crippen molar-refractivity contribution in [1.29, 1.82) is 0 Å². The number of nitrogens with one attached hydrogen (secondary N) is 1. The van der Waals surface area contributed by atoms with E-state index in [4.69, 9.17) is 0 Å². The first kappa shape index (κ1) is 10.7. The van der Waals surface area contributed by atoms with Crippen LogP contribution in [0.3, 0.4) is 0 Å². The number of halogens is 1. The largest absolute Gasteiger partial charge is 0.378 e. The molecule has 2 rings (SSSR count). The van der Waals surface area contributed by atoms with Gasteiger partial charge in [0, 0.05) is 16.2 Å². The number of thiophene rings is 1. The van der Waals surface area contributed by atoms with Crippen LogP contribution in [0.5, 0.6) is 0 Å². The number of rotatable bonds is 3. The normalized spacial score (nSPS) is 12.4. The average molecular weight is 282 g/mol. The zero-order chi connectivity index (χ0) is 10.7. The minimum Gasteiger partial charge on any atom is -0.378 e. The summed E-state index contributed by atoms with van der Waals surface area (Å²) in [6.07, 6.45) is 0. The second-order valence-corrected chi connectivity index (χ2v) is 5.13. The van der Waals surface area contributed by atoms with Crippen LogP contribution < -0.4 is 5.32 Å². The van der Waals surface area contributed by atoms with Crippen LogP contribution in [0.2, 0.25) is 0 Å². The highest BCUT2D eigenvalue weighted by molar-refractivity contribution is 9.10. The molecule has 0 radical (unpaired) electrons. The van der Waals surface area contributed by atoms with Crippen LogP contribution >= 0.6 is 27.3 Å². The molecule has 1 atom stereocenters. The lowest BCUT2D eigenvalue weighted by Gasteiger charge is -2.13. The topological polar surface area (TPSA) is 12.0 Å². The van der Waals surface area contributed by atoms with Crippen molar-refractivity contribution in [3.05, 3.63) is 51.1 Å². The van der Waals surface area contributed by atoms with Gasteiger partial charge in [0.25, 0.3) is 0 Å². The minimum absolute atomic E-state index is 0.359. The maximum Gasteiger partial charge on any atom is 0.0493 e. The Morgan fingerprint density at radius 1 is 1.20 bits per heavy atom. The summed E-state index contributed by atoms with van der Waals surface area (Å²) in [5, 5.41) is 7.74. The number of anilines is 1. The smallest absolute Gasteiger partial charge is 0.0493 e. The molecule has 15 heavy (non-hydrogen) atoms. The van der Waals surface area contributed by atoms with E-state index in [0.717, 1.165) is 10.2 Å². The first-order chi connectivity index (χ1) is 7.25. The molecule has 1 N–H and O–H groups in total. The maximum atomic E-state index is 3.46. The van der Waals surface area contributed by atoms with Gasteiger partial charge >= 0.3 is 0 Å². The molecular formula is C12H12BrNS. The summed E-state index contributed by atoms with van der Waals surface area (Å²) in [6.45, 7) is 2.17. The van der Waals surface area contributed by atoms with E-state index in [2.05, 4.69) is 57.1 Å². The van der Waals surface area contributed by atoms with Crippen LogP contribution in [0.25, 0.3) is 0 Å². The van der Waals surface area contributed by atoms with Crippen LogP contribution in [0.1, 0.15) is 18.5 Å². The van der Waals surface area contributed by atoms with Gasteiger partial charge in [0.15, 0.2) is 0 Å².